The van der Waals surface area contributed by atoms with Gasteiger partial charge in [0.25, 0.3) is 0 Å². The largest absolute Gasteiger partial charge is 0.392 e. The van der Waals surface area contributed by atoms with Crippen LogP contribution in [0.2, 0.25) is 0 Å². The van der Waals surface area contributed by atoms with Gasteiger partial charge in [-0.1, -0.05) is 81.8 Å². The molecule has 0 saturated heterocycles. The molecule has 26 heavy (non-hydrogen) atoms. The Labute approximate surface area is 158 Å². The van der Waals surface area contributed by atoms with Gasteiger partial charge in [0.05, 0.1) is 12.6 Å². The zero-order valence-corrected chi connectivity index (χ0v) is 16.6. The summed E-state index contributed by atoms with van der Waals surface area (Å²) in [6, 6.07) is 18.9. The second-order valence-electron chi connectivity index (χ2n) is 7.24. The minimum Gasteiger partial charge on any atom is -0.392 e. The highest BCUT2D eigenvalue weighted by Gasteiger charge is 2.26. The molecule has 0 saturated carbocycles. The summed E-state index contributed by atoms with van der Waals surface area (Å²) >= 11 is 0. The first-order valence-corrected chi connectivity index (χ1v) is 9.74. The van der Waals surface area contributed by atoms with Gasteiger partial charge in [-0.15, -0.1) is 0 Å². The number of aliphatic hydroxyl groups is 1. The standard InChI is InChI=1S/C23H33NO2/c1-5-6-16-24(23(18(2)3)22-10-8-7-9-11-22)26-19(4)21-14-12-20(17-25)13-15-21/h7-15,18-19,23,25H,5-6,16-17H2,1-4H3. The zero-order chi connectivity index (χ0) is 18.9. The fraction of sp³-hybridized carbons (Fsp3) is 0.478. The van der Waals surface area contributed by atoms with Crippen molar-refractivity contribution in [1.29, 1.82) is 0 Å². The first kappa shape index (κ1) is 20.6. The Kier molecular flexibility index (Phi) is 8.30. The molecule has 3 heteroatoms. The molecule has 0 amide bonds. The van der Waals surface area contributed by atoms with E-state index in [2.05, 4.69) is 63.1 Å². The Morgan fingerprint density at radius 2 is 1.58 bits per heavy atom. The second kappa shape index (κ2) is 10.5. The minimum atomic E-state index is -0.0374. The SMILES string of the molecule is CCCCN(OC(C)c1ccc(CO)cc1)C(c1ccccc1)C(C)C. The third-order valence-corrected chi connectivity index (χ3v) is 4.74. The molecule has 2 unspecified atom stereocenters. The number of rotatable bonds is 10. The van der Waals surface area contributed by atoms with Crippen LogP contribution in [-0.2, 0) is 11.4 Å². The predicted molar refractivity (Wildman–Crippen MR) is 107 cm³/mol. The van der Waals surface area contributed by atoms with Crippen LogP contribution >= 0.6 is 0 Å². The smallest absolute Gasteiger partial charge is 0.101 e. The summed E-state index contributed by atoms with van der Waals surface area (Å²) in [5, 5.41) is 11.4. The second-order valence-corrected chi connectivity index (χ2v) is 7.24. The Hall–Kier alpha value is -1.68. The molecule has 0 bridgehead atoms. The molecule has 0 aliphatic carbocycles. The average Bonchev–Trinajstić information content (AvgIpc) is 2.66. The van der Waals surface area contributed by atoms with Gasteiger partial charge in [-0.05, 0) is 36.0 Å². The van der Waals surface area contributed by atoms with Crippen LogP contribution < -0.4 is 0 Å². The molecule has 142 valence electrons. The summed E-state index contributed by atoms with van der Waals surface area (Å²) in [6.07, 6.45) is 2.20. The zero-order valence-electron chi connectivity index (χ0n) is 16.6. The number of nitrogens with zero attached hydrogens (tertiary/aromatic N) is 1. The molecule has 0 aromatic heterocycles. The van der Waals surface area contributed by atoms with E-state index in [1.54, 1.807) is 0 Å². The molecule has 3 nitrogen and oxygen atoms in total. The molecular formula is C23H33NO2. The first-order chi connectivity index (χ1) is 12.6. The normalized spacial score (nSPS) is 14.0. The highest BCUT2D eigenvalue weighted by Crippen LogP contribution is 2.32. The topological polar surface area (TPSA) is 32.7 Å². The van der Waals surface area contributed by atoms with E-state index in [0.717, 1.165) is 30.5 Å². The average molecular weight is 356 g/mol. The van der Waals surface area contributed by atoms with Crippen molar-refractivity contribution in [3.63, 3.8) is 0 Å². The van der Waals surface area contributed by atoms with Gasteiger partial charge in [-0.2, -0.15) is 5.06 Å². The van der Waals surface area contributed by atoms with Crippen molar-refractivity contribution in [1.82, 2.24) is 5.06 Å². The van der Waals surface area contributed by atoms with E-state index >= 15 is 0 Å². The Morgan fingerprint density at radius 3 is 2.12 bits per heavy atom. The highest BCUT2D eigenvalue weighted by atomic mass is 16.7. The molecular weight excluding hydrogens is 322 g/mol. The predicted octanol–water partition coefficient (Wildman–Crippen LogP) is 5.67. The van der Waals surface area contributed by atoms with E-state index in [4.69, 9.17) is 4.84 Å². The lowest BCUT2D eigenvalue weighted by Gasteiger charge is -2.36. The van der Waals surface area contributed by atoms with Crippen LogP contribution in [0.4, 0.5) is 0 Å². The lowest BCUT2D eigenvalue weighted by molar-refractivity contribution is -0.230. The van der Waals surface area contributed by atoms with Crippen molar-refractivity contribution in [2.45, 2.75) is 59.3 Å². The van der Waals surface area contributed by atoms with Crippen LogP contribution in [0, 0.1) is 5.92 Å². The number of unbranched alkanes of at least 4 members (excludes halogenated alkanes) is 1. The summed E-state index contributed by atoms with van der Waals surface area (Å²) in [5.74, 6) is 0.443. The van der Waals surface area contributed by atoms with E-state index in [-0.39, 0.29) is 18.8 Å². The number of hydrogen-bond acceptors (Lipinski definition) is 3. The van der Waals surface area contributed by atoms with Crippen molar-refractivity contribution in [2.75, 3.05) is 6.54 Å². The quantitative estimate of drug-likeness (QED) is 0.557. The molecule has 2 rings (SSSR count). The molecule has 0 fully saturated rings. The molecule has 0 spiro atoms. The van der Waals surface area contributed by atoms with Crippen LogP contribution in [0.15, 0.2) is 54.6 Å². The molecule has 2 atom stereocenters. The summed E-state index contributed by atoms with van der Waals surface area (Å²) in [5.41, 5.74) is 3.34. The van der Waals surface area contributed by atoms with Crippen molar-refractivity contribution >= 4 is 0 Å². The van der Waals surface area contributed by atoms with Gasteiger partial charge in [0.15, 0.2) is 0 Å². The van der Waals surface area contributed by atoms with E-state index in [0.29, 0.717) is 5.92 Å². The fourth-order valence-corrected chi connectivity index (χ4v) is 3.26. The monoisotopic (exact) mass is 355 g/mol. The van der Waals surface area contributed by atoms with E-state index in [1.807, 2.05) is 24.3 Å². The van der Waals surface area contributed by atoms with Crippen LogP contribution in [0.1, 0.15) is 69.4 Å². The van der Waals surface area contributed by atoms with Gasteiger partial charge in [-0.25, -0.2) is 0 Å². The van der Waals surface area contributed by atoms with Gasteiger partial charge in [0.1, 0.15) is 6.10 Å². The van der Waals surface area contributed by atoms with Crippen LogP contribution in [0.3, 0.4) is 0 Å². The molecule has 0 aliphatic heterocycles. The third-order valence-electron chi connectivity index (χ3n) is 4.74. The van der Waals surface area contributed by atoms with Crippen molar-refractivity contribution in [2.24, 2.45) is 5.92 Å². The number of benzene rings is 2. The third kappa shape index (κ3) is 5.66. The molecule has 1 N–H and O–H groups in total. The van der Waals surface area contributed by atoms with Crippen LogP contribution in [0.25, 0.3) is 0 Å². The summed E-state index contributed by atoms with van der Waals surface area (Å²) in [4.78, 5) is 6.46. The molecule has 2 aromatic carbocycles. The molecule has 0 heterocycles. The van der Waals surface area contributed by atoms with E-state index in [9.17, 15) is 5.11 Å². The number of hydrogen-bond donors (Lipinski definition) is 1. The van der Waals surface area contributed by atoms with Crippen molar-refractivity contribution < 1.29 is 9.94 Å². The molecule has 0 aliphatic rings. The highest BCUT2D eigenvalue weighted by molar-refractivity contribution is 5.23. The van der Waals surface area contributed by atoms with Gasteiger partial charge >= 0.3 is 0 Å². The number of hydroxylamine groups is 2. The first-order valence-electron chi connectivity index (χ1n) is 9.74. The summed E-state index contributed by atoms with van der Waals surface area (Å²) in [6.45, 7) is 9.79. The Morgan fingerprint density at radius 1 is 0.923 bits per heavy atom. The summed E-state index contributed by atoms with van der Waals surface area (Å²) < 4.78 is 0. The lowest BCUT2D eigenvalue weighted by Crippen LogP contribution is -2.34. The Bertz CT molecular complexity index is 624. The van der Waals surface area contributed by atoms with Gasteiger partial charge in [0, 0.05) is 6.54 Å². The van der Waals surface area contributed by atoms with Gasteiger partial charge in [-0.3, -0.25) is 4.84 Å². The Balaban J connectivity index is 2.21. The molecule has 0 radical (unpaired) electrons. The number of aliphatic hydroxyl groups excluding tert-OH is 1. The van der Waals surface area contributed by atoms with E-state index in [1.165, 1.54) is 5.56 Å². The van der Waals surface area contributed by atoms with Gasteiger partial charge in [0.2, 0.25) is 0 Å². The maximum Gasteiger partial charge on any atom is 0.101 e. The summed E-state index contributed by atoms with van der Waals surface area (Å²) in [7, 11) is 0. The molecule has 2 aromatic rings. The van der Waals surface area contributed by atoms with Crippen LogP contribution in [-0.4, -0.2) is 16.7 Å². The van der Waals surface area contributed by atoms with E-state index < -0.39 is 0 Å². The maximum atomic E-state index is 9.23. The van der Waals surface area contributed by atoms with Gasteiger partial charge < -0.3 is 5.11 Å². The van der Waals surface area contributed by atoms with Crippen molar-refractivity contribution in [3.05, 3.63) is 71.3 Å². The maximum absolute atomic E-state index is 9.23. The minimum absolute atomic E-state index is 0.0374. The van der Waals surface area contributed by atoms with Crippen LogP contribution in [0.5, 0.6) is 0 Å². The fourth-order valence-electron chi connectivity index (χ4n) is 3.26. The van der Waals surface area contributed by atoms with Crippen molar-refractivity contribution in [3.8, 4) is 0 Å². The lowest BCUT2D eigenvalue weighted by atomic mass is 9.95.